The van der Waals surface area contributed by atoms with Gasteiger partial charge in [0.2, 0.25) is 0 Å². The van der Waals surface area contributed by atoms with Gasteiger partial charge >= 0.3 is 5.97 Å². The molecule has 0 aliphatic carbocycles. The minimum absolute atomic E-state index is 0.0698. The fourth-order valence-electron chi connectivity index (χ4n) is 2.81. The normalized spacial score (nSPS) is 10.5. The van der Waals surface area contributed by atoms with Gasteiger partial charge in [-0.3, -0.25) is 0 Å². The summed E-state index contributed by atoms with van der Waals surface area (Å²) in [5.41, 5.74) is 4.36. The molecule has 0 bridgehead atoms. The van der Waals surface area contributed by atoms with Crippen LogP contribution in [-0.4, -0.2) is 22.7 Å². The third-order valence-electron chi connectivity index (χ3n) is 4.19. The van der Waals surface area contributed by atoms with Gasteiger partial charge in [-0.25, -0.2) is 9.78 Å². The molecule has 0 aliphatic rings. The van der Waals surface area contributed by atoms with Gasteiger partial charge in [-0.2, -0.15) is 0 Å². The standard InChI is InChI=1S/C22H21NO3/c1-3-15-10-12-16(13-11-15)18-14-19(24)21(22(25)26-4-2)23-20(18)17-8-6-5-7-9-17/h5-14,24H,3-4H2,1-2H3. The van der Waals surface area contributed by atoms with Crippen molar-refractivity contribution in [2.45, 2.75) is 20.3 Å². The number of ether oxygens (including phenoxy) is 1. The third kappa shape index (κ3) is 3.59. The van der Waals surface area contributed by atoms with Gasteiger partial charge < -0.3 is 9.84 Å². The SMILES string of the molecule is CCOC(=O)c1nc(-c2ccccc2)c(-c2ccc(CC)cc2)cc1O. The molecule has 0 amide bonds. The van der Waals surface area contributed by atoms with Crippen LogP contribution in [0.1, 0.15) is 29.9 Å². The van der Waals surface area contributed by atoms with Gasteiger partial charge in [-0.1, -0.05) is 61.5 Å². The molecule has 0 aliphatic heterocycles. The Labute approximate surface area is 153 Å². The quantitative estimate of drug-likeness (QED) is 0.670. The van der Waals surface area contributed by atoms with Crippen molar-refractivity contribution in [1.82, 2.24) is 4.98 Å². The van der Waals surface area contributed by atoms with Crippen molar-refractivity contribution in [2.75, 3.05) is 6.61 Å². The smallest absolute Gasteiger partial charge is 0.360 e. The lowest BCUT2D eigenvalue weighted by Gasteiger charge is -2.13. The molecule has 1 aromatic heterocycles. The first kappa shape index (κ1) is 17.7. The molecule has 2 aromatic carbocycles. The minimum Gasteiger partial charge on any atom is -0.505 e. The molecule has 0 spiro atoms. The summed E-state index contributed by atoms with van der Waals surface area (Å²) in [5, 5.41) is 10.4. The second kappa shape index (κ2) is 7.83. The Hall–Kier alpha value is -3.14. The molecule has 1 N–H and O–H groups in total. The fourth-order valence-corrected chi connectivity index (χ4v) is 2.81. The van der Waals surface area contributed by atoms with E-state index < -0.39 is 5.97 Å². The van der Waals surface area contributed by atoms with Gasteiger partial charge in [0.1, 0.15) is 5.75 Å². The topological polar surface area (TPSA) is 59.4 Å². The first-order valence-electron chi connectivity index (χ1n) is 8.69. The molecular formula is C22H21NO3. The molecule has 3 aromatic rings. The Morgan fingerprint density at radius 3 is 2.31 bits per heavy atom. The summed E-state index contributed by atoms with van der Waals surface area (Å²) >= 11 is 0. The fraction of sp³-hybridized carbons (Fsp3) is 0.182. The highest BCUT2D eigenvalue weighted by Crippen LogP contribution is 2.35. The van der Waals surface area contributed by atoms with Crippen molar-refractivity contribution in [1.29, 1.82) is 0 Å². The van der Waals surface area contributed by atoms with Gasteiger partial charge in [0.25, 0.3) is 0 Å². The Bertz CT molecular complexity index is 903. The summed E-state index contributed by atoms with van der Waals surface area (Å²) in [6, 6.07) is 19.3. The van der Waals surface area contributed by atoms with E-state index in [9.17, 15) is 9.90 Å². The predicted octanol–water partition coefficient (Wildman–Crippen LogP) is 4.86. The maximum atomic E-state index is 12.1. The Morgan fingerprint density at radius 2 is 1.69 bits per heavy atom. The molecule has 0 saturated heterocycles. The van der Waals surface area contributed by atoms with E-state index in [-0.39, 0.29) is 18.1 Å². The molecule has 132 valence electrons. The minimum atomic E-state index is -0.630. The molecule has 0 radical (unpaired) electrons. The van der Waals surface area contributed by atoms with Crippen LogP contribution in [0.15, 0.2) is 60.7 Å². The summed E-state index contributed by atoms with van der Waals surface area (Å²) < 4.78 is 5.01. The number of carbonyl (C=O) groups is 1. The van der Waals surface area contributed by atoms with Crippen molar-refractivity contribution in [2.24, 2.45) is 0 Å². The van der Waals surface area contributed by atoms with E-state index >= 15 is 0 Å². The molecule has 0 unspecified atom stereocenters. The van der Waals surface area contributed by atoms with E-state index in [1.54, 1.807) is 13.0 Å². The number of aromatic hydroxyl groups is 1. The Balaban J connectivity index is 2.19. The van der Waals surface area contributed by atoms with Crippen molar-refractivity contribution in [3.63, 3.8) is 0 Å². The van der Waals surface area contributed by atoms with Crippen LogP contribution in [0.25, 0.3) is 22.4 Å². The summed E-state index contributed by atoms with van der Waals surface area (Å²) in [7, 11) is 0. The summed E-state index contributed by atoms with van der Waals surface area (Å²) in [5.74, 6) is -0.812. The molecule has 0 fully saturated rings. The van der Waals surface area contributed by atoms with Crippen LogP contribution >= 0.6 is 0 Å². The van der Waals surface area contributed by atoms with Gasteiger partial charge in [-0.15, -0.1) is 0 Å². The number of pyridine rings is 1. The van der Waals surface area contributed by atoms with Crippen LogP contribution in [0.4, 0.5) is 0 Å². The molecule has 3 rings (SSSR count). The van der Waals surface area contributed by atoms with E-state index in [1.807, 2.05) is 42.5 Å². The average molecular weight is 347 g/mol. The Morgan fingerprint density at radius 1 is 1.00 bits per heavy atom. The first-order valence-corrected chi connectivity index (χ1v) is 8.69. The first-order chi connectivity index (χ1) is 12.6. The number of hydrogen-bond acceptors (Lipinski definition) is 4. The molecule has 0 atom stereocenters. The van der Waals surface area contributed by atoms with E-state index in [2.05, 4.69) is 24.0 Å². The highest BCUT2D eigenvalue weighted by Gasteiger charge is 2.20. The number of aryl methyl sites for hydroxylation is 1. The predicted molar refractivity (Wildman–Crippen MR) is 102 cm³/mol. The summed E-state index contributed by atoms with van der Waals surface area (Å²) in [4.78, 5) is 16.6. The van der Waals surface area contributed by atoms with Crippen LogP contribution in [0.3, 0.4) is 0 Å². The summed E-state index contributed by atoms with van der Waals surface area (Å²) in [6.07, 6.45) is 0.955. The second-order valence-electron chi connectivity index (χ2n) is 5.89. The number of esters is 1. The van der Waals surface area contributed by atoms with Crippen LogP contribution in [0.5, 0.6) is 5.75 Å². The summed E-state index contributed by atoms with van der Waals surface area (Å²) in [6.45, 7) is 4.05. The zero-order chi connectivity index (χ0) is 18.5. The van der Waals surface area contributed by atoms with Crippen molar-refractivity contribution in [3.8, 4) is 28.1 Å². The lowest BCUT2D eigenvalue weighted by Crippen LogP contribution is -2.08. The lowest BCUT2D eigenvalue weighted by atomic mass is 9.97. The number of aromatic nitrogens is 1. The lowest BCUT2D eigenvalue weighted by molar-refractivity contribution is 0.0516. The van der Waals surface area contributed by atoms with E-state index in [0.29, 0.717) is 5.69 Å². The number of rotatable bonds is 5. The van der Waals surface area contributed by atoms with E-state index in [0.717, 1.165) is 23.1 Å². The highest BCUT2D eigenvalue weighted by molar-refractivity contribution is 5.93. The number of hydrogen-bond donors (Lipinski definition) is 1. The zero-order valence-corrected chi connectivity index (χ0v) is 14.9. The third-order valence-corrected chi connectivity index (χ3v) is 4.19. The highest BCUT2D eigenvalue weighted by atomic mass is 16.5. The molecular weight excluding hydrogens is 326 g/mol. The molecule has 1 heterocycles. The van der Waals surface area contributed by atoms with Crippen molar-refractivity contribution < 1.29 is 14.6 Å². The largest absolute Gasteiger partial charge is 0.505 e. The second-order valence-corrected chi connectivity index (χ2v) is 5.89. The number of benzene rings is 2. The van der Waals surface area contributed by atoms with E-state index in [4.69, 9.17) is 4.74 Å². The van der Waals surface area contributed by atoms with Crippen molar-refractivity contribution in [3.05, 3.63) is 71.9 Å². The maximum Gasteiger partial charge on any atom is 0.360 e. The van der Waals surface area contributed by atoms with Gasteiger partial charge in [0.05, 0.1) is 12.3 Å². The number of carbonyl (C=O) groups excluding carboxylic acids is 1. The van der Waals surface area contributed by atoms with Crippen molar-refractivity contribution >= 4 is 5.97 Å². The average Bonchev–Trinajstić information content (AvgIpc) is 2.68. The molecule has 4 heteroatoms. The van der Waals surface area contributed by atoms with Gasteiger partial charge in [0, 0.05) is 11.1 Å². The van der Waals surface area contributed by atoms with Crippen LogP contribution < -0.4 is 0 Å². The maximum absolute atomic E-state index is 12.1. The van der Waals surface area contributed by atoms with Gasteiger partial charge in [-0.05, 0) is 30.5 Å². The zero-order valence-electron chi connectivity index (χ0n) is 14.9. The van der Waals surface area contributed by atoms with E-state index in [1.165, 1.54) is 5.56 Å². The van der Waals surface area contributed by atoms with Crippen LogP contribution in [0, 0.1) is 0 Å². The Kier molecular flexibility index (Phi) is 5.32. The number of nitrogens with zero attached hydrogens (tertiary/aromatic N) is 1. The van der Waals surface area contributed by atoms with Gasteiger partial charge in [0.15, 0.2) is 5.69 Å². The molecule has 0 saturated carbocycles. The van der Waals surface area contributed by atoms with Crippen LogP contribution in [-0.2, 0) is 11.2 Å². The van der Waals surface area contributed by atoms with Crippen LogP contribution in [0.2, 0.25) is 0 Å². The molecule has 26 heavy (non-hydrogen) atoms. The monoisotopic (exact) mass is 347 g/mol. The molecule has 4 nitrogen and oxygen atoms in total.